The maximum atomic E-state index is 12.5. The van der Waals surface area contributed by atoms with Crippen LogP contribution in [-0.2, 0) is 17.6 Å². The van der Waals surface area contributed by atoms with E-state index in [0.717, 1.165) is 36.1 Å². The van der Waals surface area contributed by atoms with Gasteiger partial charge in [0.05, 0.1) is 22.9 Å². The van der Waals surface area contributed by atoms with Crippen molar-refractivity contribution in [3.05, 3.63) is 32.9 Å². The van der Waals surface area contributed by atoms with Gasteiger partial charge in [0.25, 0.3) is 5.91 Å². The lowest BCUT2D eigenvalue weighted by Crippen LogP contribution is -2.18. The topological polar surface area (TPSA) is 84.1 Å². The molecule has 0 spiro atoms. The van der Waals surface area contributed by atoms with Crippen molar-refractivity contribution in [3.63, 3.8) is 0 Å². The Morgan fingerprint density at radius 1 is 1.38 bits per heavy atom. The molecule has 0 aromatic carbocycles. The summed E-state index contributed by atoms with van der Waals surface area (Å²) in [6.45, 7) is 3.61. The number of fused-ring (bicyclic) bond motifs is 1. The number of hydrogen-bond donors (Lipinski definition) is 2. The van der Waals surface area contributed by atoms with E-state index in [4.69, 9.17) is 16.3 Å². The normalized spacial score (nSPS) is 13.7. The van der Waals surface area contributed by atoms with Crippen LogP contribution in [0.5, 0.6) is 0 Å². The molecule has 0 fully saturated rings. The van der Waals surface area contributed by atoms with Crippen molar-refractivity contribution in [2.75, 3.05) is 5.32 Å². The zero-order valence-corrected chi connectivity index (χ0v) is 15.0. The highest BCUT2D eigenvalue weighted by atomic mass is 35.5. The van der Waals surface area contributed by atoms with E-state index in [9.17, 15) is 9.59 Å². The SMILES string of the molecule is CC(C)OC(=O)c1c(NC(=O)c2[nH]ncc2Cl)sc2c1CCCC2. The summed E-state index contributed by atoms with van der Waals surface area (Å²) < 4.78 is 5.37. The fourth-order valence-electron chi connectivity index (χ4n) is 2.74. The largest absolute Gasteiger partial charge is 0.459 e. The number of carbonyl (C=O) groups is 2. The molecule has 128 valence electrons. The van der Waals surface area contributed by atoms with E-state index in [1.54, 1.807) is 13.8 Å². The second-order valence-corrected chi connectivity index (χ2v) is 7.43. The van der Waals surface area contributed by atoms with Gasteiger partial charge in [-0.3, -0.25) is 9.89 Å². The van der Waals surface area contributed by atoms with E-state index < -0.39 is 11.9 Å². The van der Waals surface area contributed by atoms with Gasteiger partial charge in [0.2, 0.25) is 0 Å². The van der Waals surface area contributed by atoms with Crippen molar-refractivity contribution in [2.45, 2.75) is 45.6 Å². The van der Waals surface area contributed by atoms with Gasteiger partial charge in [0.1, 0.15) is 10.7 Å². The van der Waals surface area contributed by atoms with E-state index in [0.29, 0.717) is 10.6 Å². The van der Waals surface area contributed by atoms with Crippen molar-refractivity contribution in [1.29, 1.82) is 0 Å². The molecular weight excluding hydrogens is 350 g/mol. The summed E-state index contributed by atoms with van der Waals surface area (Å²) in [5.41, 5.74) is 1.65. The van der Waals surface area contributed by atoms with Gasteiger partial charge in [-0.05, 0) is 45.1 Å². The number of amides is 1. The molecule has 1 aliphatic carbocycles. The van der Waals surface area contributed by atoms with E-state index >= 15 is 0 Å². The number of H-pyrrole nitrogens is 1. The quantitative estimate of drug-likeness (QED) is 0.804. The van der Waals surface area contributed by atoms with E-state index in [1.165, 1.54) is 17.5 Å². The maximum Gasteiger partial charge on any atom is 0.341 e. The summed E-state index contributed by atoms with van der Waals surface area (Å²) in [4.78, 5) is 26.1. The van der Waals surface area contributed by atoms with Gasteiger partial charge in [-0.2, -0.15) is 5.10 Å². The van der Waals surface area contributed by atoms with Gasteiger partial charge in [0, 0.05) is 4.88 Å². The number of nitrogens with one attached hydrogen (secondary N) is 2. The van der Waals surface area contributed by atoms with Crippen molar-refractivity contribution in [1.82, 2.24) is 10.2 Å². The number of esters is 1. The molecule has 0 radical (unpaired) electrons. The van der Waals surface area contributed by atoms with Crippen LogP contribution in [-0.4, -0.2) is 28.2 Å². The number of thiophene rings is 1. The highest BCUT2D eigenvalue weighted by molar-refractivity contribution is 7.17. The van der Waals surface area contributed by atoms with E-state index in [2.05, 4.69) is 15.5 Å². The molecule has 0 bridgehead atoms. The number of aromatic amines is 1. The van der Waals surface area contributed by atoms with Crippen molar-refractivity contribution in [2.24, 2.45) is 0 Å². The molecule has 2 heterocycles. The second-order valence-electron chi connectivity index (χ2n) is 5.92. The fraction of sp³-hybridized carbons (Fsp3) is 0.438. The van der Waals surface area contributed by atoms with E-state index in [1.807, 2.05) is 0 Å². The Balaban J connectivity index is 1.94. The monoisotopic (exact) mass is 367 g/mol. The molecular formula is C16H18ClN3O3S. The first-order valence-corrected chi connectivity index (χ1v) is 9.02. The Morgan fingerprint density at radius 2 is 2.12 bits per heavy atom. The lowest BCUT2D eigenvalue weighted by atomic mass is 9.95. The van der Waals surface area contributed by atoms with Gasteiger partial charge in [-0.1, -0.05) is 11.6 Å². The highest BCUT2D eigenvalue weighted by Gasteiger charge is 2.28. The zero-order chi connectivity index (χ0) is 17.3. The first-order valence-electron chi connectivity index (χ1n) is 7.83. The highest BCUT2D eigenvalue weighted by Crippen LogP contribution is 2.39. The van der Waals surface area contributed by atoms with E-state index in [-0.39, 0.29) is 16.8 Å². The van der Waals surface area contributed by atoms with Crippen LogP contribution in [0, 0.1) is 0 Å². The molecule has 6 nitrogen and oxygen atoms in total. The Kier molecular flexibility index (Phi) is 4.91. The Morgan fingerprint density at radius 3 is 2.79 bits per heavy atom. The summed E-state index contributed by atoms with van der Waals surface area (Å²) in [7, 11) is 0. The minimum absolute atomic E-state index is 0.172. The molecule has 0 saturated heterocycles. The second kappa shape index (κ2) is 6.94. The van der Waals surface area contributed by atoms with Crippen LogP contribution in [0.3, 0.4) is 0 Å². The number of carbonyl (C=O) groups excluding carboxylic acids is 2. The third-order valence-electron chi connectivity index (χ3n) is 3.77. The molecule has 3 rings (SSSR count). The zero-order valence-electron chi connectivity index (χ0n) is 13.4. The van der Waals surface area contributed by atoms with Crippen LogP contribution >= 0.6 is 22.9 Å². The van der Waals surface area contributed by atoms with Gasteiger partial charge in [0.15, 0.2) is 0 Å². The average Bonchev–Trinajstić information content (AvgIpc) is 3.09. The molecule has 0 atom stereocenters. The van der Waals surface area contributed by atoms with Crippen LogP contribution in [0.1, 0.15) is 58.0 Å². The summed E-state index contributed by atoms with van der Waals surface area (Å²) in [6.07, 6.45) is 5.01. The molecule has 0 saturated carbocycles. The summed E-state index contributed by atoms with van der Waals surface area (Å²) in [5.74, 6) is -0.815. The smallest absolute Gasteiger partial charge is 0.341 e. The number of rotatable bonds is 4. The van der Waals surface area contributed by atoms with Crippen molar-refractivity contribution >= 4 is 39.8 Å². The number of halogens is 1. The van der Waals surface area contributed by atoms with Gasteiger partial charge < -0.3 is 10.1 Å². The van der Waals surface area contributed by atoms with Crippen molar-refractivity contribution < 1.29 is 14.3 Å². The van der Waals surface area contributed by atoms with Crippen LogP contribution in [0.2, 0.25) is 5.02 Å². The van der Waals surface area contributed by atoms with Crippen LogP contribution in [0.15, 0.2) is 6.20 Å². The average molecular weight is 368 g/mol. The predicted molar refractivity (Wildman–Crippen MR) is 93.1 cm³/mol. The number of anilines is 1. The van der Waals surface area contributed by atoms with Crippen LogP contribution in [0.4, 0.5) is 5.00 Å². The lowest BCUT2D eigenvalue weighted by Gasteiger charge is -2.14. The van der Waals surface area contributed by atoms with Crippen molar-refractivity contribution in [3.8, 4) is 0 Å². The number of nitrogens with zero attached hydrogens (tertiary/aromatic N) is 1. The van der Waals surface area contributed by atoms with Crippen LogP contribution < -0.4 is 5.32 Å². The molecule has 0 unspecified atom stereocenters. The number of aryl methyl sites for hydroxylation is 1. The minimum atomic E-state index is -0.422. The number of aromatic nitrogens is 2. The third-order valence-corrected chi connectivity index (χ3v) is 5.26. The summed E-state index contributed by atoms with van der Waals surface area (Å²) >= 11 is 7.37. The molecule has 0 aliphatic heterocycles. The Bertz CT molecular complexity index is 782. The predicted octanol–water partition coefficient (Wildman–Crippen LogP) is 3.82. The number of ether oxygens (including phenoxy) is 1. The summed E-state index contributed by atoms with van der Waals surface area (Å²) in [6, 6.07) is 0. The van der Waals surface area contributed by atoms with Gasteiger partial charge in [-0.25, -0.2) is 4.79 Å². The first-order chi connectivity index (χ1) is 11.5. The molecule has 1 amide bonds. The lowest BCUT2D eigenvalue weighted by molar-refractivity contribution is 0.0378. The van der Waals surface area contributed by atoms with Gasteiger partial charge in [-0.15, -0.1) is 11.3 Å². The van der Waals surface area contributed by atoms with Gasteiger partial charge >= 0.3 is 5.97 Å². The molecule has 2 N–H and O–H groups in total. The maximum absolute atomic E-state index is 12.5. The third kappa shape index (κ3) is 3.32. The Hall–Kier alpha value is -1.86. The standard InChI is InChI=1S/C16H18ClN3O3S/c1-8(2)23-16(22)12-9-5-3-4-6-11(9)24-15(12)19-14(21)13-10(17)7-18-20-13/h7-8H,3-6H2,1-2H3,(H,18,20)(H,19,21). The van der Waals surface area contributed by atoms with Crippen LogP contribution in [0.25, 0.3) is 0 Å². The molecule has 8 heteroatoms. The minimum Gasteiger partial charge on any atom is -0.459 e. The molecule has 2 aromatic rings. The fourth-order valence-corrected chi connectivity index (χ4v) is 4.19. The molecule has 24 heavy (non-hydrogen) atoms. The first kappa shape index (κ1) is 17.0. The molecule has 2 aromatic heterocycles. The summed E-state index contributed by atoms with van der Waals surface area (Å²) in [5, 5.41) is 9.84. The molecule has 1 aliphatic rings. The number of hydrogen-bond acceptors (Lipinski definition) is 5. The Labute approximate surface area is 148 Å².